The summed E-state index contributed by atoms with van der Waals surface area (Å²) in [5.41, 5.74) is 1.30. The summed E-state index contributed by atoms with van der Waals surface area (Å²) in [7, 11) is 0. The molecule has 2 atom stereocenters. The zero-order valence-electron chi connectivity index (χ0n) is 15.3. The second-order valence-corrected chi connectivity index (χ2v) is 9.85. The molecule has 0 bridgehead atoms. The van der Waals surface area contributed by atoms with Crippen LogP contribution in [0.2, 0.25) is 0 Å². The van der Waals surface area contributed by atoms with Crippen molar-refractivity contribution in [2.24, 2.45) is 0 Å². The highest BCUT2D eigenvalue weighted by Gasteiger charge is 2.54. The number of anilines is 1. The van der Waals surface area contributed by atoms with Crippen molar-refractivity contribution in [2.75, 3.05) is 11.1 Å². The lowest BCUT2D eigenvalue weighted by Crippen LogP contribution is -2.70. The van der Waals surface area contributed by atoms with E-state index in [4.69, 9.17) is 0 Å². The van der Waals surface area contributed by atoms with Gasteiger partial charge in [-0.3, -0.25) is 24.1 Å². The van der Waals surface area contributed by atoms with Crippen LogP contribution in [0.3, 0.4) is 0 Å². The second kappa shape index (κ2) is 8.45. The van der Waals surface area contributed by atoms with E-state index in [1.165, 1.54) is 39.3 Å². The van der Waals surface area contributed by atoms with E-state index < -0.39 is 16.5 Å². The van der Waals surface area contributed by atoms with Crippen molar-refractivity contribution in [3.05, 3.63) is 26.8 Å². The molecule has 0 aromatic carbocycles. The van der Waals surface area contributed by atoms with E-state index in [0.717, 1.165) is 5.01 Å². The highest BCUT2D eigenvalue weighted by atomic mass is 32.2. The number of hydrogen-bond donors (Lipinski definition) is 3. The lowest BCUT2D eigenvalue weighted by molar-refractivity contribution is -0.146. The number of rotatable bonds is 7. The Hall–Kier alpha value is -2.29. The summed E-state index contributed by atoms with van der Waals surface area (Å²) in [4.78, 5) is 53.2. The number of carbonyl (C=O) groups excluding carboxylic acids is 4. The van der Waals surface area contributed by atoms with Gasteiger partial charge in [-0.15, -0.1) is 33.3 Å². The molecule has 2 aromatic rings. The van der Waals surface area contributed by atoms with Gasteiger partial charge in [0.2, 0.25) is 17.4 Å². The van der Waals surface area contributed by atoms with Crippen LogP contribution in [-0.4, -0.2) is 60.6 Å². The Labute approximate surface area is 187 Å². The number of nitrogens with one attached hydrogen (secondary N) is 2. The standard InChI is InChI=1S/C16H14N6O4S4/c1-6-20-21-12(30-6)8-4-28-14-10(13(25)22(14)11(8)15(26)27)19-9(24)2-7-3-29-16(18-7)17-5-23/h3,5,10,14H,2,4H2,1H3,(H,19,24)(H,26,27)(H,17,18,23)/t10-,14-/m1/s1. The van der Waals surface area contributed by atoms with E-state index in [1.807, 2.05) is 6.92 Å². The van der Waals surface area contributed by atoms with Crippen LogP contribution in [0.15, 0.2) is 11.1 Å². The van der Waals surface area contributed by atoms with Crippen molar-refractivity contribution >= 4 is 81.1 Å². The fraction of sp³-hybridized carbons (Fsp3) is 0.312. The van der Waals surface area contributed by atoms with Crippen LogP contribution >= 0.6 is 47.1 Å². The van der Waals surface area contributed by atoms with Gasteiger partial charge in [-0.25, -0.2) is 4.98 Å². The number of aromatic nitrogens is 3. The van der Waals surface area contributed by atoms with Gasteiger partial charge in [-0.1, -0.05) is 24.0 Å². The predicted molar refractivity (Wildman–Crippen MR) is 116 cm³/mol. The van der Waals surface area contributed by atoms with Crippen LogP contribution in [0, 0.1) is 6.92 Å². The van der Waals surface area contributed by atoms with Gasteiger partial charge in [0, 0.05) is 16.7 Å². The molecule has 4 rings (SSSR count). The lowest BCUT2D eigenvalue weighted by Gasteiger charge is -2.49. The molecule has 14 heteroatoms. The average molecular weight is 483 g/mol. The molecule has 2 aromatic heterocycles. The van der Waals surface area contributed by atoms with Gasteiger partial charge in [-0.05, 0) is 6.92 Å². The fourth-order valence-corrected chi connectivity index (χ4v) is 6.18. The maximum atomic E-state index is 12.8. The fourth-order valence-electron chi connectivity index (χ4n) is 3.10. The minimum absolute atomic E-state index is 0.0261. The van der Waals surface area contributed by atoms with E-state index in [1.54, 1.807) is 5.38 Å². The van der Waals surface area contributed by atoms with Crippen molar-refractivity contribution in [3.8, 4) is 0 Å². The number of thiol groups is 1. The number of thiazole rings is 1. The summed E-state index contributed by atoms with van der Waals surface area (Å²) in [6.45, 7) is 1.81. The predicted octanol–water partition coefficient (Wildman–Crippen LogP) is 0.681. The van der Waals surface area contributed by atoms with E-state index in [2.05, 4.69) is 38.4 Å². The maximum absolute atomic E-state index is 12.8. The molecule has 3 amide bonds. The van der Waals surface area contributed by atoms with Gasteiger partial charge in [0.1, 0.15) is 27.1 Å². The Morgan fingerprint density at radius 1 is 1.40 bits per heavy atom. The quantitative estimate of drug-likeness (QED) is 0.298. The second-order valence-electron chi connectivity index (χ2n) is 6.30. The van der Waals surface area contributed by atoms with E-state index >= 15 is 0 Å². The Morgan fingerprint density at radius 2 is 2.20 bits per heavy atom. The minimum atomic E-state index is -0.742. The highest BCUT2D eigenvalue weighted by molar-refractivity contribution is 8.00. The summed E-state index contributed by atoms with van der Waals surface area (Å²) in [6, 6.07) is -0.742. The van der Waals surface area contributed by atoms with Gasteiger partial charge >= 0.3 is 0 Å². The summed E-state index contributed by atoms with van der Waals surface area (Å²) in [5, 5.41) is 15.7. The summed E-state index contributed by atoms with van der Waals surface area (Å²) >= 11 is 7.93. The first-order chi connectivity index (χ1) is 14.4. The third kappa shape index (κ3) is 3.87. The smallest absolute Gasteiger partial charge is 0.253 e. The topological polar surface area (TPSA) is 134 Å². The molecule has 2 aliphatic heterocycles. The first-order valence-corrected chi connectivity index (χ1v) is 11.7. The monoisotopic (exact) mass is 482 g/mol. The van der Waals surface area contributed by atoms with Crippen molar-refractivity contribution in [2.45, 2.75) is 24.8 Å². The van der Waals surface area contributed by atoms with Crippen LogP contribution in [0.5, 0.6) is 0 Å². The molecule has 10 nitrogen and oxygen atoms in total. The number of nitrogens with zero attached hydrogens (tertiary/aromatic N) is 4. The normalized spacial score (nSPS) is 20.5. The lowest BCUT2D eigenvalue weighted by atomic mass is 10.0. The molecule has 1 fully saturated rings. The van der Waals surface area contributed by atoms with E-state index in [-0.39, 0.29) is 23.9 Å². The van der Waals surface area contributed by atoms with Gasteiger partial charge in [0.25, 0.3) is 5.91 Å². The average Bonchev–Trinajstić information content (AvgIpc) is 3.33. The third-order valence-corrected chi connectivity index (χ3v) is 7.56. The molecule has 0 saturated carbocycles. The molecule has 2 aliphatic rings. The van der Waals surface area contributed by atoms with Gasteiger partial charge < -0.3 is 10.6 Å². The molecule has 0 unspecified atom stereocenters. The first kappa shape index (κ1) is 21.0. The van der Waals surface area contributed by atoms with Crippen LogP contribution in [-0.2, 0) is 25.6 Å². The summed E-state index contributed by atoms with van der Waals surface area (Å²) < 4.78 is 0. The SMILES string of the molecule is Cc1nnc(C2=C(C(=O)S)N3C(=O)[C@@H](NC(=O)Cc4csc(NC=O)n4)[C@H]3SC2)s1. The number of β-lactam (4-membered cyclic amide) rings is 1. The van der Waals surface area contributed by atoms with Crippen molar-refractivity contribution in [1.29, 1.82) is 0 Å². The van der Waals surface area contributed by atoms with Gasteiger partial charge in [-0.2, -0.15) is 0 Å². The Morgan fingerprint density at radius 3 is 2.87 bits per heavy atom. The van der Waals surface area contributed by atoms with Crippen LogP contribution in [0.25, 0.3) is 5.57 Å². The van der Waals surface area contributed by atoms with Crippen LogP contribution in [0.4, 0.5) is 5.13 Å². The Balaban J connectivity index is 1.47. The highest BCUT2D eigenvalue weighted by Crippen LogP contribution is 2.44. The Bertz CT molecular complexity index is 1080. The van der Waals surface area contributed by atoms with Gasteiger partial charge in [0.15, 0.2) is 5.13 Å². The molecular weight excluding hydrogens is 468 g/mol. The number of hydrogen-bond acceptors (Lipinski definition) is 10. The summed E-state index contributed by atoms with van der Waals surface area (Å²) in [5.74, 6) is -0.299. The molecule has 4 heterocycles. The van der Waals surface area contributed by atoms with Crippen LogP contribution < -0.4 is 10.6 Å². The van der Waals surface area contributed by atoms with Gasteiger partial charge in [0.05, 0.1) is 12.1 Å². The number of fused-ring (bicyclic) bond motifs is 1. The van der Waals surface area contributed by atoms with E-state index in [9.17, 15) is 19.2 Å². The number of aryl methyl sites for hydroxylation is 1. The maximum Gasteiger partial charge on any atom is 0.253 e. The minimum Gasteiger partial charge on any atom is -0.341 e. The van der Waals surface area contributed by atoms with Crippen molar-refractivity contribution < 1.29 is 19.2 Å². The molecule has 0 aliphatic carbocycles. The Kier molecular flexibility index (Phi) is 5.90. The molecular formula is C16H14N6O4S4. The number of carbonyl (C=O) groups is 4. The third-order valence-electron chi connectivity index (χ3n) is 4.35. The molecule has 30 heavy (non-hydrogen) atoms. The van der Waals surface area contributed by atoms with E-state index in [0.29, 0.717) is 33.6 Å². The summed E-state index contributed by atoms with van der Waals surface area (Å²) in [6.07, 6.45) is 0.484. The molecule has 156 valence electrons. The zero-order valence-corrected chi connectivity index (χ0v) is 18.7. The first-order valence-electron chi connectivity index (χ1n) is 8.54. The number of thioether (sulfide) groups is 1. The molecule has 2 N–H and O–H groups in total. The molecule has 1 saturated heterocycles. The number of amides is 3. The van der Waals surface area contributed by atoms with Crippen molar-refractivity contribution in [1.82, 2.24) is 25.4 Å². The van der Waals surface area contributed by atoms with Crippen molar-refractivity contribution in [3.63, 3.8) is 0 Å². The molecule has 0 radical (unpaired) electrons. The van der Waals surface area contributed by atoms with Crippen LogP contribution in [0.1, 0.15) is 15.7 Å². The largest absolute Gasteiger partial charge is 0.341 e. The molecule has 0 spiro atoms. The zero-order chi connectivity index (χ0) is 21.4.